The van der Waals surface area contributed by atoms with Crippen LogP contribution in [0.3, 0.4) is 0 Å². The van der Waals surface area contributed by atoms with Crippen LogP contribution in [0.1, 0.15) is 29.0 Å². The van der Waals surface area contributed by atoms with Gasteiger partial charge in [-0.2, -0.15) is 0 Å². The summed E-state index contributed by atoms with van der Waals surface area (Å²) in [5.74, 6) is 0.278. The van der Waals surface area contributed by atoms with Crippen molar-refractivity contribution in [3.63, 3.8) is 0 Å². The minimum absolute atomic E-state index is 0.0409. The first-order valence-corrected chi connectivity index (χ1v) is 11.8. The van der Waals surface area contributed by atoms with Crippen LogP contribution in [0.25, 0.3) is 10.9 Å². The second-order valence-corrected chi connectivity index (χ2v) is 9.03. The number of aryl methyl sites for hydroxylation is 2. The van der Waals surface area contributed by atoms with Gasteiger partial charge in [0.05, 0.1) is 0 Å². The molecular formula is C29H31N3O. The van der Waals surface area contributed by atoms with Gasteiger partial charge in [0.15, 0.2) is 0 Å². The van der Waals surface area contributed by atoms with E-state index in [-0.39, 0.29) is 11.8 Å². The van der Waals surface area contributed by atoms with Crippen LogP contribution in [0.2, 0.25) is 0 Å². The molecule has 0 N–H and O–H groups in total. The molecule has 33 heavy (non-hydrogen) atoms. The third-order valence-electron chi connectivity index (χ3n) is 6.97. The largest absolute Gasteiger partial charge is 0.368 e. The van der Waals surface area contributed by atoms with Crippen molar-refractivity contribution < 1.29 is 4.79 Å². The highest BCUT2D eigenvalue weighted by Gasteiger charge is 2.27. The van der Waals surface area contributed by atoms with E-state index in [0.717, 1.165) is 26.2 Å². The Morgan fingerprint density at radius 2 is 1.52 bits per heavy atom. The number of piperazine rings is 1. The predicted molar refractivity (Wildman–Crippen MR) is 136 cm³/mol. The van der Waals surface area contributed by atoms with Crippen LogP contribution in [0.4, 0.5) is 5.69 Å². The summed E-state index contributed by atoms with van der Waals surface area (Å²) in [6, 6.07) is 27.5. The van der Waals surface area contributed by atoms with Gasteiger partial charge < -0.3 is 14.4 Å². The zero-order chi connectivity index (χ0) is 22.8. The van der Waals surface area contributed by atoms with Crippen molar-refractivity contribution in [1.82, 2.24) is 9.47 Å². The molecule has 1 fully saturated rings. The molecule has 5 rings (SSSR count). The maximum Gasteiger partial charge on any atom is 0.223 e. The molecule has 2 heterocycles. The average Bonchev–Trinajstić information content (AvgIpc) is 3.20. The van der Waals surface area contributed by atoms with E-state index in [1.165, 1.54) is 33.3 Å². The number of anilines is 1. The van der Waals surface area contributed by atoms with Crippen molar-refractivity contribution in [3.8, 4) is 0 Å². The van der Waals surface area contributed by atoms with Crippen molar-refractivity contribution in [2.24, 2.45) is 7.05 Å². The summed E-state index contributed by atoms with van der Waals surface area (Å²) in [5.41, 5.74) is 6.19. The van der Waals surface area contributed by atoms with E-state index in [2.05, 4.69) is 107 Å². The number of aromatic nitrogens is 1. The van der Waals surface area contributed by atoms with Crippen LogP contribution in [-0.2, 0) is 11.8 Å². The molecule has 0 radical (unpaired) electrons. The first-order chi connectivity index (χ1) is 16.1. The van der Waals surface area contributed by atoms with Crippen LogP contribution in [0, 0.1) is 6.92 Å². The highest BCUT2D eigenvalue weighted by Crippen LogP contribution is 2.35. The van der Waals surface area contributed by atoms with Gasteiger partial charge in [0.1, 0.15) is 0 Å². The molecule has 0 spiro atoms. The van der Waals surface area contributed by atoms with E-state index in [4.69, 9.17) is 0 Å². The first kappa shape index (κ1) is 21.3. The smallest absolute Gasteiger partial charge is 0.223 e. The lowest BCUT2D eigenvalue weighted by Crippen LogP contribution is -2.49. The molecule has 1 saturated heterocycles. The molecule has 1 aliphatic heterocycles. The summed E-state index contributed by atoms with van der Waals surface area (Å²) in [6.07, 6.45) is 2.69. The number of carbonyl (C=O) groups excluding carboxylic acids is 1. The molecule has 1 amide bonds. The Morgan fingerprint density at radius 3 is 2.27 bits per heavy atom. The lowest BCUT2D eigenvalue weighted by Gasteiger charge is -2.37. The summed E-state index contributed by atoms with van der Waals surface area (Å²) in [6.45, 7) is 5.44. The minimum atomic E-state index is 0.0409. The van der Waals surface area contributed by atoms with E-state index >= 15 is 0 Å². The van der Waals surface area contributed by atoms with Gasteiger partial charge in [-0.05, 0) is 35.7 Å². The van der Waals surface area contributed by atoms with Crippen LogP contribution in [0.5, 0.6) is 0 Å². The first-order valence-electron chi connectivity index (χ1n) is 11.8. The van der Waals surface area contributed by atoms with Crippen molar-refractivity contribution in [1.29, 1.82) is 0 Å². The van der Waals surface area contributed by atoms with Crippen molar-refractivity contribution >= 4 is 22.5 Å². The molecule has 1 aromatic heterocycles. The fourth-order valence-electron chi connectivity index (χ4n) is 5.16. The van der Waals surface area contributed by atoms with Crippen molar-refractivity contribution in [3.05, 3.63) is 102 Å². The molecule has 0 saturated carbocycles. The molecule has 4 nitrogen and oxygen atoms in total. The number of fused-ring (bicyclic) bond motifs is 1. The van der Waals surface area contributed by atoms with Crippen molar-refractivity contribution in [2.45, 2.75) is 19.3 Å². The van der Waals surface area contributed by atoms with Crippen LogP contribution < -0.4 is 4.90 Å². The Bertz CT molecular complexity index is 1250. The molecular weight excluding hydrogens is 406 g/mol. The van der Waals surface area contributed by atoms with E-state index in [9.17, 15) is 4.79 Å². The Balaban J connectivity index is 1.37. The van der Waals surface area contributed by atoms with Gasteiger partial charge in [0, 0.05) is 68.4 Å². The van der Waals surface area contributed by atoms with Gasteiger partial charge in [0.25, 0.3) is 0 Å². The molecule has 168 valence electrons. The number of hydrogen-bond donors (Lipinski definition) is 0. The molecule has 3 aromatic carbocycles. The van der Waals surface area contributed by atoms with Gasteiger partial charge in [-0.3, -0.25) is 4.79 Å². The second-order valence-electron chi connectivity index (χ2n) is 9.03. The van der Waals surface area contributed by atoms with E-state index < -0.39 is 0 Å². The molecule has 1 aliphatic rings. The maximum atomic E-state index is 13.5. The number of carbonyl (C=O) groups is 1. The van der Waals surface area contributed by atoms with Gasteiger partial charge in [-0.1, -0.05) is 66.7 Å². The molecule has 4 heteroatoms. The number of hydrogen-bond acceptors (Lipinski definition) is 2. The summed E-state index contributed by atoms with van der Waals surface area (Å²) in [4.78, 5) is 18.0. The van der Waals surface area contributed by atoms with E-state index in [1.54, 1.807) is 0 Å². The number of para-hydroxylation sites is 2. The molecule has 4 aromatic rings. The second kappa shape index (κ2) is 9.14. The summed E-state index contributed by atoms with van der Waals surface area (Å²) >= 11 is 0. The molecule has 0 aliphatic carbocycles. The van der Waals surface area contributed by atoms with Gasteiger partial charge in [-0.15, -0.1) is 0 Å². The topological polar surface area (TPSA) is 28.5 Å². The fourth-order valence-corrected chi connectivity index (χ4v) is 5.16. The van der Waals surface area contributed by atoms with Crippen LogP contribution >= 0.6 is 0 Å². The van der Waals surface area contributed by atoms with Crippen LogP contribution in [-0.4, -0.2) is 41.6 Å². The highest BCUT2D eigenvalue weighted by atomic mass is 16.2. The lowest BCUT2D eigenvalue weighted by molar-refractivity contribution is -0.131. The third kappa shape index (κ3) is 4.25. The highest BCUT2D eigenvalue weighted by molar-refractivity contribution is 5.86. The normalized spacial score (nSPS) is 15.1. The summed E-state index contributed by atoms with van der Waals surface area (Å²) in [7, 11) is 2.08. The quantitative estimate of drug-likeness (QED) is 0.421. The summed E-state index contributed by atoms with van der Waals surface area (Å²) in [5, 5.41) is 1.23. The van der Waals surface area contributed by atoms with E-state index in [1.807, 2.05) is 6.07 Å². The Kier molecular flexibility index (Phi) is 5.91. The maximum absolute atomic E-state index is 13.5. The Hall–Kier alpha value is -3.53. The Labute approximate surface area is 196 Å². The predicted octanol–water partition coefficient (Wildman–Crippen LogP) is 5.36. The molecule has 0 bridgehead atoms. The number of benzene rings is 3. The third-order valence-corrected chi connectivity index (χ3v) is 6.97. The fraction of sp³-hybridized carbons (Fsp3) is 0.276. The standard InChI is InChI=1S/C29H31N3O/c1-22-10-6-8-14-27(22)31-16-18-32(19-17-31)29(33)20-25(23-11-4-3-5-12-23)26-21-30(2)28-15-9-7-13-24(26)28/h3-15,21,25H,16-20H2,1-2H3. The van der Waals surface area contributed by atoms with Crippen molar-refractivity contribution in [2.75, 3.05) is 31.1 Å². The zero-order valence-electron chi connectivity index (χ0n) is 19.4. The number of nitrogens with zero attached hydrogens (tertiary/aromatic N) is 3. The van der Waals surface area contributed by atoms with E-state index in [0.29, 0.717) is 6.42 Å². The van der Waals surface area contributed by atoms with Crippen LogP contribution in [0.15, 0.2) is 85.1 Å². The number of amides is 1. The van der Waals surface area contributed by atoms with Gasteiger partial charge in [0.2, 0.25) is 5.91 Å². The zero-order valence-corrected chi connectivity index (χ0v) is 19.4. The minimum Gasteiger partial charge on any atom is -0.368 e. The molecule has 1 atom stereocenters. The average molecular weight is 438 g/mol. The number of rotatable bonds is 5. The van der Waals surface area contributed by atoms with Gasteiger partial charge >= 0.3 is 0 Å². The summed E-state index contributed by atoms with van der Waals surface area (Å²) < 4.78 is 2.17. The monoisotopic (exact) mass is 437 g/mol. The Morgan fingerprint density at radius 1 is 0.848 bits per heavy atom. The lowest BCUT2D eigenvalue weighted by atomic mass is 9.87. The van der Waals surface area contributed by atoms with Gasteiger partial charge in [-0.25, -0.2) is 0 Å². The SMILES string of the molecule is Cc1ccccc1N1CCN(C(=O)CC(c2ccccc2)c2cn(C)c3ccccc23)CC1. The molecule has 1 unspecified atom stereocenters.